The lowest BCUT2D eigenvalue weighted by Crippen LogP contribution is -2.38. The molecule has 70 valence electrons. The molecule has 0 unspecified atom stereocenters. The fourth-order valence-electron chi connectivity index (χ4n) is 1.82. The van der Waals surface area contributed by atoms with Crippen molar-refractivity contribution in [2.75, 3.05) is 13.6 Å². The van der Waals surface area contributed by atoms with Gasteiger partial charge >= 0.3 is 0 Å². The zero-order chi connectivity index (χ0) is 9.14. The summed E-state index contributed by atoms with van der Waals surface area (Å²) in [4.78, 5) is 12.9. The summed E-state index contributed by atoms with van der Waals surface area (Å²) < 4.78 is 0. The van der Waals surface area contributed by atoms with Crippen molar-refractivity contribution < 1.29 is 4.79 Å². The van der Waals surface area contributed by atoms with Crippen LogP contribution in [0.5, 0.6) is 0 Å². The normalized spacial score (nSPS) is 27.4. The van der Waals surface area contributed by atoms with Gasteiger partial charge in [-0.1, -0.05) is 0 Å². The molecule has 0 spiro atoms. The molecular weight excluding hydrogens is 152 g/mol. The molecule has 0 radical (unpaired) electrons. The van der Waals surface area contributed by atoms with Crippen molar-refractivity contribution in [3.8, 4) is 0 Å². The number of hydrogen-bond acceptors (Lipinski definition) is 2. The minimum atomic E-state index is 0.261. The Hall–Kier alpha value is -0.570. The van der Waals surface area contributed by atoms with Crippen LogP contribution in [0, 0.1) is 5.92 Å². The van der Waals surface area contributed by atoms with E-state index in [1.165, 1.54) is 0 Å². The quantitative estimate of drug-likeness (QED) is 0.659. The van der Waals surface area contributed by atoms with Crippen molar-refractivity contribution in [1.82, 2.24) is 4.90 Å². The van der Waals surface area contributed by atoms with Gasteiger partial charge in [-0.25, -0.2) is 0 Å². The first-order valence-electron chi connectivity index (χ1n) is 4.59. The van der Waals surface area contributed by atoms with E-state index < -0.39 is 0 Å². The standard InChI is InChI=1S/C9H18N2O/c1-7(10)5-8-3-4-9(12)11(2)6-8/h7-8H,3-6,10H2,1-2H3/t7-,8-/m0/s1. The van der Waals surface area contributed by atoms with Crippen molar-refractivity contribution in [3.63, 3.8) is 0 Å². The Bertz CT molecular complexity index is 168. The fourth-order valence-corrected chi connectivity index (χ4v) is 1.82. The highest BCUT2D eigenvalue weighted by atomic mass is 16.2. The van der Waals surface area contributed by atoms with Gasteiger partial charge in [0, 0.05) is 26.1 Å². The number of piperidine rings is 1. The predicted octanol–water partition coefficient (Wildman–Crippen LogP) is 0.592. The molecule has 2 N–H and O–H groups in total. The number of carbonyl (C=O) groups excluding carboxylic acids is 1. The Kier molecular flexibility index (Phi) is 3.09. The number of nitrogens with two attached hydrogens (primary N) is 1. The third kappa shape index (κ3) is 2.48. The van der Waals surface area contributed by atoms with Crippen LogP contribution in [0.1, 0.15) is 26.2 Å². The number of carbonyl (C=O) groups is 1. The highest BCUT2D eigenvalue weighted by Gasteiger charge is 2.22. The summed E-state index contributed by atoms with van der Waals surface area (Å²) >= 11 is 0. The molecule has 0 aromatic heterocycles. The maximum atomic E-state index is 11.1. The average molecular weight is 170 g/mol. The molecular formula is C9H18N2O. The van der Waals surface area contributed by atoms with Crippen LogP contribution in [0.15, 0.2) is 0 Å². The van der Waals surface area contributed by atoms with Crippen LogP contribution in [-0.4, -0.2) is 30.4 Å². The molecule has 1 saturated heterocycles. The van der Waals surface area contributed by atoms with Crippen LogP contribution in [0.2, 0.25) is 0 Å². The second kappa shape index (κ2) is 3.90. The van der Waals surface area contributed by atoms with Crippen LogP contribution in [0.4, 0.5) is 0 Å². The summed E-state index contributed by atoms with van der Waals surface area (Å²) in [7, 11) is 1.87. The van der Waals surface area contributed by atoms with Gasteiger partial charge in [-0.15, -0.1) is 0 Å². The van der Waals surface area contributed by atoms with E-state index in [-0.39, 0.29) is 11.9 Å². The van der Waals surface area contributed by atoms with Crippen LogP contribution < -0.4 is 5.73 Å². The lowest BCUT2D eigenvalue weighted by molar-refractivity contribution is -0.133. The molecule has 1 fully saturated rings. The van der Waals surface area contributed by atoms with Crippen molar-refractivity contribution in [2.24, 2.45) is 11.7 Å². The third-order valence-electron chi connectivity index (χ3n) is 2.43. The van der Waals surface area contributed by atoms with Gasteiger partial charge < -0.3 is 10.6 Å². The first-order valence-corrected chi connectivity index (χ1v) is 4.59. The van der Waals surface area contributed by atoms with Gasteiger partial charge in [-0.05, 0) is 25.7 Å². The lowest BCUT2D eigenvalue weighted by Gasteiger charge is -2.30. The highest BCUT2D eigenvalue weighted by Crippen LogP contribution is 2.19. The monoisotopic (exact) mass is 170 g/mol. The number of likely N-dealkylation sites (tertiary alicyclic amines) is 1. The summed E-state index contributed by atoms with van der Waals surface area (Å²) in [6.07, 6.45) is 2.76. The van der Waals surface area contributed by atoms with Gasteiger partial charge in [0.05, 0.1) is 0 Å². The highest BCUT2D eigenvalue weighted by molar-refractivity contribution is 5.76. The molecule has 0 aliphatic carbocycles. The Labute approximate surface area is 73.9 Å². The molecule has 1 aliphatic rings. The second-order valence-corrected chi connectivity index (χ2v) is 3.89. The largest absolute Gasteiger partial charge is 0.345 e. The molecule has 1 amide bonds. The van der Waals surface area contributed by atoms with E-state index in [0.717, 1.165) is 19.4 Å². The van der Waals surface area contributed by atoms with Gasteiger partial charge in [-0.2, -0.15) is 0 Å². The zero-order valence-electron chi connectivity index (χ0n) is 7.92. The first kappa shape index (κ1) is 9.52. The Morgan fingerprint density at radius 1 is 1.75 bits per heavy atom. The van der Waals surface area contributed by atoms with Crippen molar-refractivity contribution in [3.05, 3.63) is 0 Å². The summed E-state index contributed by atoms with van der Waals surface area (Å²) in [5.74, 6) is 0.892. The zero-order valence-corrected chi connectivity index (χ0v) is 7.92. The molecule has 0 aromatic carbocycles. The molecule has 3 nitrogen and oxygen atoms in total. The summed E-state index contributed by atoms with van der Waals surface area (Å²) in [6, 6.07) is 0.261. The SMILES string of the molecule is C[C@H](N)C[C@@H]1CCC(=O)N(C)C1. The maximum absolute atomic E-state index is 11.1. The Balaban J connectivity index is 2.35. The van der Waals surface area contributed by atoms with Crippen molar-refractivity contribution >= 4 is 5.91 Å². The smallest absolute Gasteiger partial charge is 0.222 e. The number of nitrogens with zero attached hydrogens (tertiary/aromatic N) is 1. The minimum Gasteiger partial charge on any atom is -0.345 e. The first-order chi connectivity index (χ1) is 5.59. The number of hydrogen-bond donors (Lipinski definition) is 1. The van der Waals surface area contributed by atoms with Gasteiger partial charge in [0.1, 0.15) is 0 Å². The molecule has 2 atom stereocenters. The van der Waals surface area contributed by atoms with Gasteiger partial charge in [0.15, 0.2) is 0 Å². The van der Waals surface area contributed by atoms with E-state index in [2.05, 4.69) is 0 Å². The summed E-state index contributed by atoms with van der Waals surface area (Å²) in [5.41, 5.74) is 5.70. The van der Waals surface area contributed by atoms with Crippen molar-refractivity contribution in [2.45, 2.75) is 32.2 Å². The lowest BCUT2D eigenvalue weighted by atomic mass is 9.92. The van der Waals surface area contributed by atoms with Gasteiger partial charge in [0.25, 0.3) is 0 Å². The molecule has 12 heavy (non-hydrogen) atoms. The van der Waals surface area contributed by atoms with Crippen molar-refractivity contribution in [1.29, 1.82) is 0 Å². The van der Waals surface area contributed by atoms with Crippen LogP contribution >= 0.6 is 0 Å². The number of rotatable bonds is 2. The molecule has 3 heteroatoms. The Morgan fingerprint density at radius 3 is 2.92 bits per heavy atom. The molecule has 1 aliphatic heterocycles. The Morgan fingerprint density at radius 2 is 2.42 bits per heavy atom. The predicted molar refractivity (Wildman–Crippen MR) is 48.6 cm³/mol. The average Bonchev–Trinajstić information content (AvgIpc) is 1.96. The van der Waals surface area contributed by atoms with Gasteiger partial charge in [0.2, 0.25) is 5.91 Å². The van der Waals surface area contributed by atoms with Crippen LogP contribution in [0.25, 0.3) is 0 Å². The van der Waals surface area contributed by atoms with E-state index >= 15 is 0 Å². The molecule has 1 heterocycles. The third-order valence-corrected chi connectivity index (χ3v) is 2.43. The topological polar surface area (TPSA) is 46.3 Å². The molecule has 1 rings (SSSR count). The fraction of sp³-hybridized carbons (Fsp3) is 0.889. The molecule has 0 bridgehead atoms. The van der Waals surface area contributed by atoms with E-state index in [9.17, 15) is 4.79 Å². The summed E-state index contributed by atoms with van der Waals surface area (Å²) in [6.45, 7) is 2.91. The van der Waals surface area contributed by atoms with E-state index in [1.54, 1.807) is 0 Å². The molecule has 0 saturated carbocycles. The van der Waals surface area contributed by atoms with E-state index in [0.29, 0.717) is 12.3 Å². The number of amides is 1. The van der Waals surface area contributed by atoms with Crippen LogP contribution in [0.3, 0.4) is 0 Å². The van der Waals surface area contributed by atoms with Gasteiger partial charge in [-0.3, -0.25) is 4.79 Å². The van der Waals surface area contributed by atoms with Crippen LogP contribution in [-0.2, 0) is 4.79 Å². The minimum absolute atomic E-state index is 0.261. The second-order valence-electron chi connectivity index (χ2n) is 3.89. The maximum Gasteiger partial charge on any atom is 0.222 e. The summed E-state index contributed by atoms with van der Waals surface area (Å²) in [5, 5.41) is 0. The molecule has 0 aromatic rings. The van der Waals surface area contributed by atoms with E-state index in [4.69, 9.17) is 5.73 Å². The van der Waals surface area contributed by atoms with E-state index in [1.807, 2.05) is 18.9 Å².